The predicted molar refractivity (Wildman–Crippen MR) is 69.4 cm³/mol. The first kappa shape index (κ1) is 14.5. The summed E-state index contributed by atoms with van der Waals surface area (Å²) in [5.41, 5.74) is 0.413. The monoisotopic (exact) mass is 288 g/mol. The fraction of sp³-hybridized carbons (Fsp3) is 0.750. The number of sulfonamides is 1. The summed E-state index contributed by atoms with van der Waals surface area (Å²) >= 11 is 0. The quantitative estimate of drug-likeness (QED) is 0.839. The highest BCUT2D eigenvalue weighted by Crippen LogP contribution is 2.26. The maximum absolute atomic E-state index is 12.6. The van der Waals surface area contributed by atoms with Gasteiger partial charge in [-0.15, -0.1) is 0 Å². The normalized spacial score (nSPS) is 21.7. The van der Waals surface area contributed by atoms with Crippen LogP contribution in [-0.4, -0.2) is 43.7 Å². The Kier molecular flexibility index (Phi) is 4.27. The second-order valence-corrected chi connectivity index (χ2v) is 6.61. The molecule has 19 heavy (non-hydrogen) atoms. The van der Waals surface area contributed by atoms with E-state index in [9.17, 15) is 8.42 Å². The number of piperidine rings is 1. The van der Waals surface area contributed by atoms with Crippen LogP contribution in [0, 0.1) is 13.8 Å². The van der Waals surface area contributed by atoms with Crippen molar-refractivity contribution in [3.05, 3.63) is 11.5 Å². The van der Waals surface area contributed by atoms with E-state index in [0.29, 0.717) is 31.2 Å². The van der Waals surface area contributed by atoms with Gasteiger partial charge in [-0.25, -0.2) is 8.42 Å². The van der Waals surface area contributed by atoms with Crippen LogP contribution in [0.4, 0.5) is 0 Å². The summed E-state index contributed by atoms with van der Waals surface area (Å²) in [5, 5.41) is 3.72. The Morgan fingerprint density at radius 2 is 2.21 bits per heavy atom. The van der Waals surface area contributed by atoms with E-state index in [-0.39, 0.29) is 11.0 Å². The molecular weight excluding hydrogens is 268 g/mol. The Hall–Kier alpha value is -0.920. The highest BCUT2D eigenvalue weighted by atomic mass is 32.2. The van der Waals surface area contributed by atoms with Gasteiger partial charge >= 0.3 is 0 Å². The zero-order valence-corrected chi connectivity index (χ0v) is 12.4. The second kappa shape index (κ2) is 5.60. The van der Waals surface area contributed by atoms with E-state index in [1.807, 2.05) is 6.92 Å². The van der Waals surface area contributed by atoms with E-state index < -0.39 is 10.0 Å². The largest absolute Gasteiger partial charge is 0.377 e. The number of aryl methyl sites for hydroxylation is 2. The first-order valence-corrected chi connectivity index (χ1v) is 7.95. The molecule has 0 aliphatic carbocycles. The Labute approximate surface area is 113 Å². The van der Waals surface area contributed by atoms with Crippen molar-refractivity contribution in [3.63, 3.8) is 0 Å². The molecule has 2 heterocycles. The minimum atomic E-state index is -3.53. The van der Waals surface area contributed by atoms with Crippen LogP contribution in [0.5, 0.6) is 0 Å². The van der Waals surface area contributed by atoms with Gasteiger partial charge in [-0.1, -0.05) is 5.16 Å². The van der Waals surface area contributed by atoms with Crippen LogP contribution >= 0.6 is 0 Å². The number of rotatable bonds is 4. The molecule has 1 fully saturated rings. The van der Waals surface area contributed by atoms with Gasteiger partial charge in [0, 0.05) is 19.7 Å². The standard InChI is InChI=1S/C12H20N2O4S/c1-4-17-11-6-5-7-14(8-11)19(15,16)12-9(2)13-18-10(12)3/h11H,4-8H2,1-3H3. The van der Waals surface area contributed by atoms with Crippen molar-refractivity contribution < 1.29 is 17.7 Å². The third kappa shape index (κ3) is 2.82. The average Bonchev–Trinajstić information content (AvgIpc) is 2.70. The highest BCUT2D eigenvalue weighted by molar-refractivity contribution is 7.89. The summed E-state index contributed by atoms with van der Waals surface area (Å²) in [4.78, 5) is 0.199. The van der Waals surface area contributed by atoms with Crippen LogP contribution in [-0.2, 0) is 14.8 Å². The molecule has 0 N–H and O–H groups in total. The van der Waals surface area contributed by atoms with Gasteiger partial charge in [0.2, 0.25) is 10.0 Å². The van der Waals surface area contributed by atoms with Crippen molar-refractivity contribution in [2.45, 2.75) is 44.6 Å². The van der Waals surface area contributed by atoms with Gasteiger partial charge in [0.1, 0.15) is 10.6 Å². The van der Waals surface area contributed by atoms with E-state index in [1.165, 1.54) is 4.31 Å². The van der Waals surface area contributed by atoms with Crippen molar-refractivity contribution in [1.82, 2.24) is 9.46 Å². The van der Waals surface area contributed by atoms with Crippen LogP contribution in [0.1, 0.15) is 31.2 Å². The molecule has 0 radical (unpaired) electrons. The zero-order valence-electron chi connectivity index (χ0n) is 11.5. The molecule has 1 aromatic heterocycles. The summed E-state index contributed by atoms with van der Waals surface area (Å²) in [7, 11) is -3.53. The summed E-state index contributed by atoms with van der Waals surface area (Å²) in [5.74, 6) is 0.344. The first-order valence-electron chi connectivity index (χ1n) is 6.51. The number of nitrogens with zero attached hydrogens (tertiary/aromatic N) is 2. The SMILES string of the molecule is CCOC1CCCN(S(=O)(=O)c2c(C)noc2C)C1. The third-order valence-corrected chi connectivity index (χ3v) is 5.42. The van der Waals surface area contributed by atoms with Crippen LogP contribution in [0.15, 0.2) is 9.42 Å². The van der Waals surface area contributed by atoms with Crippen LogP contribution in [0.25, 0.3) is 0 Å². The summed E-state index contributed by atoms with van der Waals surface area (Å²) in [6.45, 7) is 6.71. The summed E-state index contributed by atoms with van der Waals surface area (Å²) < 4.78 is 37.2. The van der Waals surface area contributed by atoms with Gasteiger partial charge in [-0.2, -0.15) is 4.31 Å². The fourth-order valence-corrected chi connectivity index (χ4v) is 4.27. The van der Waals surface area contributed by atoms with Crippen molar-refractivity contribution in [3.8, 4) is 0 Å². The Morgan fingerprint density at radius 3 is 2.79 bits per heavy atom. The van der Waals surface area contributed by atoms with E-state index >= 15 is 0 Å². The molecule has 108 valence electrons. The van der Waals surface area contributed by atoms with Gasteiger partial charge in [0.15, 0.2) is 5.76 Å². The van der Waals surface area contributed by atoms with E-state index in [1.54, 1.807) is 13.8 Å². The Morgan fingerprint density at radius 1 is 1.47 bits per heavy atom. The minimum Gasteiger partial charge on any atom is -0.377 e. The molecule has 1 aliphatic heterocycles. The molecule has 1 aromatic rings. The average molecular weight is 288 g/mol. The number of ether oxygens (including phenoxy) is 1. The van der Waals surface area contributed by atoms with Gasteiger partial charge < -0.3 is 9.26 Å². The van der Waals surface area contributed by atoms with Gasteiger partial charge in [0.25, 0.3) is 0 Å². The van der Waals surface area contributed by atoms with E-state index in [2.05, 4.69) is 5.16 Å². The number of hydrogen-bond donors (Lipinski definition) is 0. The summed E-state index contributed by atoms with van der Waals surface area (Å²) in [6.07, 6.45) is 1.70. The smallest absolute Gasteiger partial charge is 0.248 e. The molecule has 1 saturated heterocycles. The lowest BCUT2D eigenvalue weighted by atomic mass is 10.1. The molecule has 6 nitrogen and oxygen atoms in total. The lowest BCUT2D eigenvalue weighted by Gasteiger charge is -2.31. The zero-order chi connectivity index (χ0) is 14.0. The van der Waals surface area contributed by atoms with E-state index in [0.717, 1.165) is 12.8 Å². The minimum absolute atomic E-state index is 0.0194. The lowest BCUT2D eigenvalue weighted by Crippen LogP contribution is -2.43. The molecule has 1 atom stereocenters. The number of aromatic nitrogens is 1. The molecular formula is C12H20N2O4S. The molecule has 1 aliphatic rings. The molecule has 1 unspecified atom stereocenters. The topological polar surface area (TPSA) is 72.6 Å². The molecule has 0 bridgehead atoms. The molecule has 2 rings (SSSR count). The van der Waals surface area contributed by atoms with Crippen LogP contribution in [0.3, 0.4) is 0 Å². The second-order valence-electron chi connectivity index (χ2n) is 4.74. The van der Waals surface area contributed by atoms with Gasteiger partial charge in [-0.05, 0) is 33.6 Å². The fourth-order valence-electron chi connectivity index (χ4n) is 2.47. The molecule has 7 heteroatoms. The Balaban J connectivity index is 2.25. The molecule has 0 saturated carbocycles. The predicted octanol–water partition coefficient (Wildman–Crippen LogP) is 1.48. The summed E-state index contributed by atoms with van der Waals surface area (Å²) in [6, 6.07) is 0. The number of hydrogen-bond acceptors (Lipinski definition) is 5. The van der Waals surface area contributed by atoms with Crippen LogP contribution in [0.2, 0.25) is 0 Å². The molecule has 0 spiro atoms. The molecule has 0 amide bonds. The first-order chi connectivity index (χ1) is 8.96. The molecule has 0 aromatic carbocycles. The maximum atomic E-state index is 12.6. The Bertz CT molecular complexity index is 516. The van der Waals surface area contributed by atoms with Crippen molar-refractivity contribution in [2.24, 2.45) is 0 Å². The van der Waals surface area contributed by atoms with Gasteiger partial charge in [-0.3, -0.25) is 0 Å². The third-order valence-electron chi connectivity index (χ3n) is 3.31. The maximum Gasteiger partial charge on any atom is 0.248 e. The van der Waals surface area contributed by atoms with Crippen molar-refractivity contribution >= 4 is 10.0 Å². The highest BCUT2D eigenvalue weighted by Gasteiger charge is 2.34. The van der Waals surface area contributed by atoms with Crippen molar-refractivity contribution in [2.75, 3.05) is 19.7 Å². The van der Waals surface area contributed by atoms with Gasteiger partial charge in [0.05, 0.1) is 6.10 Å². The van der Waals surface area contributed by atoms with E-state index in [4.69, 9.17) is 9.26 Å². The van der Waals surface area contributed by atoms with Crippen LogP contribution < -0.4 is 0 Å². The lowest BCUT2D eigenvalue weighted by molar-refractivity contribution is 0.0265. The van der Waals surface area contributed by atoms with Crippen molar-refractivity contribution in [1.29, 1.82) is 0 Å².